The van der Waals surface area contributed by atoms with Crippen molar-refractivity contribution in [2.24, 2.45) is 0 Å². The molecule has 1 atom stereocenters. The highest BCUT2D eigenvalue weighted by Crippen LogP contribution is 2.16. The van der Waals surface area contributed by atoms with E-state index in [1.165, 1.54) is 5.56 Å². The highest BCUT2D eigenvalue weighted by molar-refractivity contribution is 9.10. The molecule has 26 heavy (non-hydrogen) atoms. The van der Waals surface area contributed by atoms with E-state index in [0.29, 0.717) is 24.3 Å². The van der Waals surface area contributed by atoms with Gasteiger partial charge < -0.3 is 16.0 Å². The summed E-state index contributed by atoms with van der Waals surface area (Å²) in [7, 11) is 0. The highest BCUT2D eigenvalue weighted by Gasteiger charge is 2.15. The van der Waals surface area contributed by atoms with E-state index in [-0.39, 0.29) is 17.9 Å². The maximum Gasteiger partial charge on any atom is 0.279 e. The summed E-state index contributed by atoms with van der Waals surface area (Å²) in [6.45, 7) is 4.87. The van der Waals surface area contributed by atoms with E-state index in [0.717, 1.165) is 10.9 Å². The van der Waals surface area contributed by atoms with Gasteiger partial charge in [-0.05, 0) is 37.3 Å². The maximum atomic E-state index is 12.3. The summed E-state index contributed by atoms with van der Waals surface area (Å²) in [5.74, 6) is -0.231. The standard InChI is InChI=1S/C20H24BrN3O2/c1-3-18(14-8-10-16(21)11-9-14)23-13-19(25)24-17-7-5-6-15(12-17)20(26)22-4-2/h5-12,18,23H,3-4,13H2,1-2H3,(H,22,26)(H,24,25)/p+1/t18-/m0/s1. The van der Waals surface area contributed by atoms with Crippen LogP contribution < -0.4 is 16.0 Å². The second kappa shape index (κ2) is 10.1. The smallest absolute Gasteiger partial charge is 0.279 e. The molecule has 0 fully saturated rings. The summed E-state index contributed by atoms with van der Waals surface area (Å²) in [4.78, 5) is 24.2. The lowest BCUT2D eigenvalue weighted by molar-refractivity contribution is -0.686. The monoisotopic (exact) mass is 418 g/mol. The number of amides is 2. The summed E-state index contributed by atoms with van der Waals surface area (Å²) in [5.41, 5.74) is 2.36. The largest absolute Gasteiger partial charge is 0.352 e. The molecule has 0 saturated heterocycles. The molecule has 0 aliphatic carbocycles. The first kappa shape index (κ1) is 20.1. The number of halogens is 1. The van der Waals surface area contributed by atoms with Crippen LogP contribution in [-0.2, 0) is 4.79 Å². The molecule has 0 bridgehead atoms. The predicted molar refractivity (Wildman–Crippen MR) is 107 cm³/mol. The van der Waals surface area contributed by atoms with Crippen molar-refractivity contribution in [1.82, 2.24) is 5.32 Å². The van der Waals surface area contributed by atoms with Crippen molar-refractivity contribution < 1.29 is 14.9 Å². The second-order valence-electron chi connectivity index (χ2n) is 5.99. The van der Waals surface area contributed by atoms with Crippen LogP contribution in [0.1, 0.15) is 42.2 Å². The van der Waals surface area contributed by atoms with Gasteiger partial charge in [0.15, 0.2) is 6.54 Å². The molecule has 2 rings (SSSR count). The molecule has 4 N–H and O–H groups in total. The fraction of sp³-hybridized carbons (Fsp3) is 0.300. The number of benzene rings is 2. The molecule has 0 aliphatic heterocycles. The molecule has 0 radical (unpaired) electrons. The first-order valence-electron chi connectivity index (χ1n) is 8.80. The van der Waals surface area contributed by atoms with Gasteiger partial charge >= 0.3 is 0 Å². The minimum Gasteiger partial charge on any atom is -0.352 e. The fourth-order valence-electron chi connectivity index (χ4n) is 2.71. The molecule has 2 aromatic carbocycles. The lowest BCUT2D eigenvalue weighted by Gasteiger charge is -2.14. The van der Waals surface area contributed by atoms with Crippen molar-refractivity contribution in [1.29, 1.82) is 0 Å². The Morgan fingerprint density at radius 1 is 1.12 bits per heavy atom. The van der Waals surface area contributed by atoms with E-state index in [1.807, 2.05) is 24.4 Å². The molecule has 138 valence electrons. The van der Waals surface area contributed by atoms with Crippen LogP contribution in [0.15, 0.2) is 53.0 Å². The molecule has 0 saturated carbocycles. The average molecular weight is 419 g/mol. The number of nitrogens with two attached hydrogens (primary N) is 1. The van der Waals surface area contributed by atoms with Gasteiger partial charge in [0, 0.05) is 34.3 Å². The van der Waals surface area contributed by atoms with Crippen molar-refractivity contribution >= 4 is 33.4 Å². The van der Waals surface area contributed by atoms with Gasteiger partial charge in [-0.15, -0.1) is 0 Å². The van der Waals surface area contributed by atoms with Crippen LogP contribution in [-0.4, -0.2) is 24.9 Å². The number of quaternary nitrogens is 1. The summed E-state index contributed by atoms with van der Waals surface area (Å²) in [5, 5.41) is 7.65. The SMILES string of the molecule is CCNC(=O)c1cccc(NC(=O)C[NH2+][C@@H](CC)c2ccc(Br)cc2)c1. The third kappa shape index (κ3) is 5.97. The first-order chi connectivity index (χ1) is 12.5. The molecular formula is C20H25BrN3O2+. The molecular weight excluding hydrogens is 394 g/mol. The minimum atomic E-state index is -0.142. The van der Waals surface area contributed by atoms with E-state index in [2.05, 4.69) is 45.6 Å². The summed E-state index contributed by atoms with van der Waals surface area (Å²) >= 11 is 3.44. The van der Waals surface area contributed by atoms with Gasteiger partial charge in [0.2, 0.25) is 0 Å². The molecule has 0 unspecified atom stereocenters. The molecule has 6 heteroatoms. The van der Waals surface area contributed by atoms with E-state index >= 15 is 0 Å². The third-order valence-corrected chi connectivity index (χ3v) is 4.60. The Kier molecular flexibility index (Phi) is 7.81. The molecule has 5 nitrogen and oxygen atoms in total. The highest BCUT2D eigenvalue weighted by atomic mass is 79.9. The van der Waals surface area contributed by atoms with E-state index in [4.69, 9.17) is 0 Å². The van der Waals surface area contributed by atoms with Gasteiger partial charge in [-0.25, -0.2) is 0 Å². The molecule has 0 aliphatic rings. The minimum absolute atomic E-state index is 0.0892. The van der Waals surface area contributed by atoms with Crippen molar-refractivity contribution in [2.45, 2.75) is 26.3 Å². The fourth-order valence-corrected chi connectivity index (χ4v) is 2.97. The molecule has 2 amide bonds. The van der Waals surface area contributed by atoms with Crippen LogP contribution in [0.2, 0.25) is 0 Å². The number of hydrogen-bond donors (Lipinski definition) is 3. The van der Waals surface area contributed by atoms with Crippen molar-refractivity contribution in [3.63, 3.8) is 0 Å². The van der Waals surface area contributed by atoms with Crippen LogP contribution >= 0.6 is 15.9 Å². The Hall–Kier alpha value is -2.18. The van der Waals surface area contributed by atoms with Crippen LogP contribution in [0.25, 0.3) is 0 Å². The van der Waals surface area contributed by atoms with Gasteiger partial charge in [0.25, 0.3) is 11.8 Å². The topological polar surface area (TPSA) is 74.8 Å². The number of hydrogen-bond acceptors (Lipinski definition) is 2. The Morgan fingerprint density at radius 3 is 2.50 bits per heavy atom. The molecule has 0 aromatic heterocycles. The van der Waals surface area contributed by atoms with E-state index in [1.54, 1.807) is 24.3 Å². The van der Waals surface area contributed by atoms with Crippen molar-refractivity contribution in [3.8, 4) is 0 Å². The Morgan fingerprint density at radius 2 is 1.85 bits per heavy atom. The quantitative estimate of drug-likeness (QED) is 0.616. The predicted octanol–water partition coefficient (Wildman–Crippen LogP) is 2.85. The van der Waals surface area contributed by atoms with Crippen LogP contribution in [0.3, 0.4) is 0 Å². The summed E-state index contributed by atoms with van der Waals surface area (Å²) < 4.78 is 1.04. The zero-order valence-corrected chi connectivity index (χ0v) is 16.7. The van der Waals surface area contributed by atoms with Crippen LogP contribution in [0, 0.1) is 0 Å². The molecule has 0 heterocycles. The van der Waals surface area contributed by atoms with Crippen molar-refractivity contribution in [3.05, 3.63) is 64.1 Å². The van der Waals surface area contributed by atoms with Crippen molar-refractivity contribution in [2.75, 3.05) is 18.4 Å². The average Bonchev–Trinajstić information content (AvgIpc) is 2.64. The zero-order chi connectivity index (χ0) is 18.9. The van der Waals surface area contributed by atoms with Crippen LogP contribution in [0.4, 0.5) is 5.69 Å². The Labute approximate surface area is 162 Å². The van der Waals surface area contributed by atoms with E-state index < -0.39 is 0 Å². The summed E-state index contributed by atoms with van der Waals surface area (Å²) in [6, 6.07) is 15.4. The lowest BCUT2D eigenvalue weighted by Crippen LogP contribution is -2.87. The van der Waals surface area contributed by atoms with Gasteiger partial charge in [0.1, 0.15) is 6.04 Å². The van der Waals surface area contributed by atoms with E-state index in [9.17, 15) is 9.59 Å². The number of rotatable bonds is 8. The van der Waals surface area contributed by atoms with Gasteiger partial charge in [-0.3, -0.25) is 9.59 Å². The normalized spacial score (nSPS) is 11.7. The molecule has 0 spiro atoms. The number of anilines is 1. The first-order valence-corrected chi connectivity index (χ1v) is 9.59. The van der Waals surface area contributed by atoms with Gasteiger partial charge in [0.05, 0.1) is 0 Å². The zero-order valence-electron chi connectivity index (χ0n) is 15.1. The second-order valence-corrected chi connectivity index (χ2v) is 6.91. The summed E-state index contributed by atoms with van der Waals surface area (Å²) in [6.07, 6.45) is 0.932. The van der Waals surface area contributed by atoms with Gasteiger partial charge in [-0.2, -0.15) is 0 Å². The van der Waals surface area contributed by atoms with Crippen LogP contribution in [0.5, 0.6) is 0 Å². The lowest BCUT2D eigenvalue weighted by atomic mass is 10.0. The van der Waals surface area contributed by atoms with Gasteiger partial charge in [-0.1, -0.05) is 41.1 Å². The number of nitrogens with one attached hydrogen (secondary N) is 2. The Bertz CT molecular complexity index is 747. The number of carbonyl (C=O) groups is 2. The maximum absolute atomic E-state index is 12.3. The molecule has 2 aromatic rings. The third-order valence-electron chi connectivity index (χ3n) is 4.07. The Balaban J connectivity index is 1.92. The number of carbonyl (C=O) groups excluding carboxylic acids is 2.